The molecule has 86 valence electrons. The summed E-state index contributed by atoms with van der Waals surface area (Å²) >= 11 is 6.00. The van der Waals surface area contributed by atoms with Gasteiger partial charge >= 0.3 is 0 Å². The zero-order chi connectivity index (χ0) is 11.4. The number of aromatic nitrogens is 4. The van der Waals surface area contributed by atoms with Crippen molar-refractivity contribution in [1.82, 2.24) is 19.9 Å². The van der Waals surface area contributed by atoms with Gasteiger partial charge in [-0.3, -0.25) is 0 Å². The van der Waals surface area contributed by atoms with E-state index in [1.54, 1.807) is 13.4 Å². The maximum atomic E-state index is 6.00. The minimum Gasteiger partial charge on any atom is -0.383 e. The Balaban J connectivity index is 2.06. The first kappa shape index (κ1) is 11.1. The predicted molar refractivity (Wildman–Crippen MR) is 61.7 cm³/mol. The molecule has 16 heavy (non-hydrogen) atoms. The Morgan fingerprint density at radius 1 is 1.50 bits per heavy atom. The SMILES string of the molecule is COCC(Cl)CNc1ncnc2nc[nH]c12. The molecule has 0 aliphatic rings. The lowest BCUT2D eigenvalue weighted by molar-refractivity contribution is 0.200. The molecular weight excluding hydrogens is 230 g/mol. The third-order valence-corrected chi connectivity index (χ3v) is 2.34. The number of hydrogen-bond donors (Lipinski definition) is 2. The van der Waals surface area contributed by atoms with Crippen molar-refractivity contribution in [1.29, 1.82) is 0 Å². The molecule has 2 heterocycles. The average Bonchev–Trinajstić information content (AvgIpc) is 2.75. The summed E-state index contributed by atoms with van der Waals surface area (Å²) in [7, 11) is 1.62. The predicted octanol–water partition coefficient (Wildman–Crippen LogP) is 1.02. The fourth-order valence-corrected chi connectivity index (χ4v) is 1.55. The zero-order valence-corrected chi connectivity index (χ0v) is 9.53. The van der Waals surface area contributed by atoms with Crippen LogP contribution in [-0.4, -0.2) is 45.6 Å². The van der Waals surface area contributed by atoms with E-state index in [1.807, 2.05) is 0 Å². The number of hydrogen-bond acceptors (Lipinski definition) is 5. The molecule has 1 atom stereocenters. The van der Waals surface area contributed by atoms with E-state index in [1.165, 1.54) is 6.33 Å². The third-order valence-electron chi connectivity index (χ3n) is 2.06. The second-order valence-electron chi connectivity index (χ2n) is 3.26. The van der Waals surface area contributed by atoms with Crippen molar-refractivity contribution in [3.8, 4) is 0 Å². The number of anilines is 1. The molecule has 2 rings (SSSR count). The minimum absolute atomic E-state index is 0.0991. The second kappa shape index (κ2) is 5.09. The van der Waals surface area contributed by atoms with Crippen molar-refractivity contribution >= 4 is 28.6 Å². The summed E-state index contributed by atoms with van der Waals surface area (Å²) in [5.74, 6) is 0.698. The highest BCUT2D eigenvalue weighted by atomic mass is 35.5. The fraction of sp³-hybridized carbons (Fsp3) is 0.444. The highest BCUT2D eigenvalue weighted by Gasteiger charge is 2.08. The lowest BCUT2D eigenvalue weighted by atomic mass is 10.4. The maximum absolute atomic E-state index is 6.00. The summed E-state index contributed by atoms with van der Waals surface area (Å²) in [4.78, 5) is 15.1. The van der Waals surface area contributed by atoms with E-state index in [4.69, 9.17) is 16.3 Å². The van der Waals surface area contributed by atoms with Crippen LogP contribution in [0.5, 0.6) is 0 Å². The normalized spacial score (nSPS) is 12.9. The number of halogens is 1. The van der Waals surface area contributed by atoms with Gasteiger partial charge in [0.1, 0.15) is 11.8 Å². The lowest BCUT2D eigenvalue weighted by Crippen LogP contribution is -2.19. The Kier molecular flexibility index (Phi) is 3.53. The number of alkyl halides is 1. The number of methoxy groups -OCH3 is 1. The molecule has 0 aliphatic heterocycles. The van der Waals surface area contributed by atoms with Crippen molar-refractivity contribution in [2.24, 2.45) is 0 Å². The van der Waals surface area contributed by atoms with Crippen molar-refractivity contribution in [3.63, 3.8) is 0 Å². The summed E-state index contributed by atoms with van der Waals surface area (Å²) in [5, 5.41) is 3.02. The monoisotopic (exact) mass is 241 g/mol. The Hall–Kier alpha value is -1.40. The van der Waals surface area contributed by atoms with E-state index >= 15 is 0 Å². The molecule has 2 aromatic rings. The van der Waals surface area contributed by atoms with Gasteiger partial charge in [0.2, 0.25) is 0 Å². The molecule has 0 bridgehead atoms. The molecule has 0 aromatic carbocycles. The van der Waals surface area contributed by atoms with Crippen molar-refractivity contribution in [3.05, 3.63) is 12.7 Å². The van der Waals surface area contributed by atoms with Crippen LogP contribution in [0, 0.1) is 0 Å². The van der Waals surface area contributed by atoms with E-state index in [9.17, 15) is 0 Å². The van der Waals surface area contributed by atoms with Gasteiger partial charge in [-0.2, -0.15) is 0 Å². The van der Waals surface area contributed by atoms with E-state index in [-0.39, 0.29) is 5.38 Å². The van der Waals surface area contributed by atoms with Gasteiger partial charge in [-0.25, -0.2) is 15.0 Å². The van der Waals surface area contributed by atoms with Crippen LogP contribution >= 0.6 is 11.6 Å². The molecule has 6 nitrogen and oxygen atoms in total. The average molecular weight is 242 g/mol. The van der Waals surface area contributed by atoms with Gasteiger partial charge < -0.3 is 15.0 Å². The number of imidazole rings is 1. The number of nitrogens with one attached hydrogen (secondary N) is 2. The van der Waals surface area contributed by atoms with Gasteiger partial charge in [0, 0.05) is 13.7 Å². The largest absolute Gasteiger partial charge is 0.383 e. The summed E-state index contributed by atoms with van der Waals surface area (Å²) in [6.45, 7) is 1.06. The van der Waals surface area contributed by atoms with Crippen LogP contribution in [0.4, 0.5) is 5.82 Å². The summed E-state index contributed by atoms with van der Waals surface area (Å²) in [5.41, 5.74) is 1.42. The second-order valence-corrected chi connectivity index (χ2v) is 3.87. The molecule has 7 heteroatoms. The van der Waals surface area contributed by atoms with Crippen LogP contribution in [0.3, 0.4) is 0 Å². The van der Waals surface area contributed by atoms with Crippen LogP contribution in [0.2, 0.25) is 0 Å². The molecule has 0 spiro atoms. The van der Waals surface area contributed by atoms with Crippen LogP contribution in [0.1, 0.15) is 0 Å². The standard InChI is InChI=1S/C9H12ClN5O/c1-16-3-6(10)2-11-8-7-9(13-4-12-7)15-5-14-8/h4-6H,2-3H2,1H3,(H2,11,12,13,14,15). The first-order valence-electron chi connectivity index (χ1n) is 4.82. The molecule has 0 aliphatic carbocycles. The first-order chi connectivity index (χ1) is 7.81. The van der Waals surface area contributed by atoms with Gasteiger partial charge in [0.05, 0.1) is 18.3 Å². The zero-order valence-electron chi connectivity index (χ0n) is 8.77. The van der Waals surface area contributed by atoms with Gasteiger partial charge in [0.25, 0.3) is 0 Å². The number of aromatic amines is 1. The van der Waals surface area contributed by atoms with Crippen LogP contribution < -0.4 is 5.32 Å². The fourth-order valence-electron chi connectivity index (χ4n) is 1.35. The highest BCUT2D eigenvalue weighted by Crippen LogP contribution is 2.14. The van der Waals surface area contributed by atoms with Crippen molar-refractivity contribution in [2.75, 3.05) is 25.6 Å². The molecular formula is C9H12ClN5O. The van der Waals surface area contributed by atoms with Gasteiger partial charge in [0.15, 0.2) is 11.5 Å². The minimum atomic E-state index is -0.0991. The molecule has 0 amide bonds. The number of nitrogens with zero attached hydrogens (tertiary/aromatic N) is 3. The highest BCUT2D eigenvalue weighted by molar-refractivity contribution is 6.21. The van der Waals surface area contributed by atoms with Gasteiger partial charge in [-0.15, -0.1) is 11.6 Å². The molecule has 2 N–H and O–H groups in total. The number of fused-ring (bicyclic) bond motifs is 1. The first-order valence-corrected chi connectivity index (χ1v) is 5.26. The topological polar surface area (TPSA) is 75.7 Å². The maximum Gasteiger partial charge on any atom is 0.182 e. The molecule has 0 fully saturated rings. The number of H-pyrrole nitrogens is 1. The molecule has 0 saturated carbocycles. The molecule has 0 saturated heterocycles. The third kappa shape index (κ3) is 2.40. The van der Waals surface area contributed by atoms with Crippen LogP contribution in [0.25, 0.3) is 11.2 Å². The molecule has 0 radical (unpaired) electrons. The number of ether oxygens (including phenoxy) is 1. The summed E-state index contributed by atoms with van der Waals surface area (Å²) in [6.07, 6.45) is 3.04. The molecule has 2 aromatic heterocycles. The smallest absolute Gasteiger partial charge is 0.182 e. The van der Waals surface area contributed by atoms with Crippen molar-refractivity contribution in [2.45, 2.75) is 5.38 Å². The summed E-state index contributed by atoms with van der Waals surface area (Å²) < 4.78 is 4.94. The van der Waals surface area contributed by atoms with E-state index in [0.717, 1.165) is 5.52 Å². The van der Waals surface area contributed by atoms with Gasteiger partial charge in [-0.1, -0.05) is 0 Å². The van der Waals surface area contributed by atoms with Gasteiger partial charge in [-0.05, 0) is 0 Å². The van der Waals surface area contributed by atoms with Crippen LogP contribution in [0.15, 0.2) is 12.7 Å². The quantitative estimate of drug-likeness (QED) is 0.765. The summed E-state index contributed by atoms with van der Waals surface area (Å²) in [6, 6.07) is 0. The molecule has 1 unspecified atom stereocenters. The van der Waals surface area contributed by atoms with E-state index in [2.05, 4.69) is 25.3 Å². The van der Waals surface area contributed by atoms with Crippen molar-refractivity contribution < 1.29 is 4.74 Å². The Labute approximate surface area is 97.4 Å². The van der Waals surface area contributed by atoms with E-state index in [0.29, 0.717) is 24.6 Å². The lowest BCUT2D eigenvalue weighted by Gasteiger charge is -2.10. The number of rotatable bonds is 5. The van der Waals surface area contributed by atoms with Crippen LogP contribution in [-0.2, 0) is 4.74 Å². The Morgan fingerprint density at radius 3 is 3.19 bits per heavy atom. The van der Waals surface area contributed by atoms with E-state index < -0.39 is 0 Å². The Bertz CT molecular complexity index is 460. The Morgan fingerprint density at radius 2 is 2.38 bits per heavy atom.